The van der Waals surface area contributed by atoms with E-state index in [2.05, 4.69) is 15.3 Å². The summed E-state index contributed by atoms with van der Waals surface area (Å²) in [4.78, 5) is 19.6. The standard InChI is InChI=1S/C12H12N4O/c13-10-3-4-11(15-8-10)16-12(17)6-9-2-1-5-14-7-9/h1-5,7-8H,6,13H2,(H,15,16,17). The third-order valence-corrected chi connectivity index (χ3v) is 2.14. The molecule has 1 amide bonds. The molecule has 0 bridgehead atoms. The summed E-state index contributed by atoms with van der Waals surface area (Å²) in [6.07, 6.45) is 5.11. The molecule has 5 nitrogen and oxygen atoms in total. The predicted octanol–water partition coefficient (Wildman–Crippen LogP) is 1.24. The van der Waals surface area contributed by atoms with Crippen molar-refractivity contribution in [2.45, 2.75) is 6.42 Å². The molecule has 5 heteroatoms. The van der Waals surface area contributed by atoms with Gasteiger partial charge >= 0.3 is 0 Å². The molecule has 0 aromatic carbocycles. The summed E-state index contributed by atoms with van der Waals surface area (Å²) in [5.41, 5.74) is 6.92. The van der Waals surface area contributed by atoms with E-state index in [1.165, 1.54) is 6.20 Å². The molecule has 0 radical (unpaired) electrons. The maximum Gasteiger partial charge on any atom is 0.230 e. The van der Waals surface area contributed by atoms with Crippen LogP contribution >= 0.6 is 0 Å². The van der Waals surface area contributed by atoms with Crippen LogP contribution in [0.2, 0.25) is 0 Å². The van der Waals surface area contributed by atoms with Crippen molar-refractivity contribution in [3.63, 3.8) is 0 Å². The Kier molecular flexibility index (Phi) is 3.30. The second-order valence-corrected chi connectivity index (χ2v) is 3.56. The maximum absolute atomic E-state index is 11.7. The number of anilines is 2. The Morgan fingerprint density at radius 1 is 1.29 bits per heavy atom. The van der Waals surface area contributed by atoms with Crippen LogP contribution in [0.4, 0.5) is 11.5 Å². The topological polar surface area (TPSA) is 80.9 Å². The molecular weight excluding hydrogens is 216 g/mol. The average Bonchev–Trinajstić information content (AvgIpc) is 2.33. The SMILES string of the molecule is Nc1ccc(NC(=O)Cc2cccnc2)nc1. The first-order chi connectivity index (χ1) is 8.24. The zero-order valence-electron chi connectivity index (χ0n) is 9.13. The number of hydrogen-bond acceptors (Lipinski definition) is 4. The number of pyridine rings is 2. The summed E-state index contributed by atoms with van der Waals surface area (Å²) in [6, 6.07) is 7.00. The number of nitrogens with two attached hydrogens (primary N) is 1. The zero-order valence-corrected chi connectivity index (χ0v) is 9.13. The quantitative estimate of drug-likeness (QED) is 0.828. The second kappa shape index (κ2) is 5.07. The van der Waals surface area contributed by atoms with Crippen molar-refractivity contribution in [3.05, 3.63) is 48.4 Å². The Labute approximate surface area is 98.7 Å². The molecule has 0 unspecified atom stereocenters. The molecule has 2 aromatic heterocycles. The number of amides is 1. The van der Waals surface area contributed by atoms with Crippen LogP contribution in [0.5, 0.6) is 0 Å². The second-order valence-electron chi connectivity index (χ2n) is 3.56. The third kappa shape index (κ3) is 3.27. The van der Waals surface area contributed by atoms with Crippen molar-refractivity contribution in [1.82, 2.24) is 9.97 Å². The summed E-state index contributed by atoms with van der Waals surface area (Å²) in [6.45, 7) is 0. The van der Waals surface area contributed by atoms with Gasteiger partial charge in [-0.05, 0) is 23.8 Å². The van der Waals surface area contributed by atoms with Crippen molar-refractivity contribution >= 4 is 17.4 Å². The first kappa shape index (κ1) is 11.1. The molecule has 0 atom stereocenters. The molecule has 17 heavy (non-hydrogen) atoms. The van der Waals surface area contributed by atoms with Gasteiger partial charge in [0.2, 0.25) is 5.91 Å². The van der Waals surface area contributed by atoms with E-state index in [0.29, 0.717) is 11.5 Å². The molecule has 0 spiro atoms. The fraction of sp³-hybridized carbons (Fsp3) is 0.0833. The normalized spacial score (nSPS) is 9.88. The highest BCUT2D eigenvalue weighted by Crippen LogP contribution is 2.06. The number of carbonyl (C=O) groups is 1. The van der Waals surface area contributed by atoms with Gasteiger partial charge in [-0.2, -0.15) is 0 Å². The summed E-state index contributed by atoms with van der Waals surface area (Å²) in [5.74, 6) is 0.364. The van der Waals surface area contributed by atoms with Crippen LogP contribution in [0, 0.1) is 0 Å². The molecular formula is C12H12N4O. The van der Waals surface area contributed by atoms with Crippen molar-refractivity contribution in [2.75, 3.05) is 11.1 Å². The Morgan fingerprint density at radius 3 is 2.82 bits per heavy atom. The molecule has 0 aliphatic carbocycles. The van der Waals surface area contributed by atoms with Crippen molar-refractivity contribution < 1.29 is 4.79 Å². The van der Waals surface area contributed by atoms with Crippen LogP contribution in [-0.4, -0.2) is 15.9 Å². The van der Waals surface area contributed by atoms with Gasteiger partial charge in [-0.1, -0.05) is 6.07 Å². The van der Waals surface area contributed by atoms with E-state index in [9.17, 15) is 4.79 Å². The highest BCUT2D eigenvalue weighted by Gasteiger charge is 2.04. The number of nitrogen functional groups attached to an aromatic ring is 1. The summed E-state index contributed by atoms with van der Waals surface area (Å²) >= 11 is 0. The predicted molar refractivity (Wildman–Crippen MR) is 65.2 cm³/mol. The Balaban J connectivity index is 1.96. The molecule has 0 aliphatic rings. The lowest BCUT2D eigenvalue weighted by molar-refractivity contribution is -0.115. The van der Waals surface area contributed by atoms with E-state index in [-0.39, 0.29) is 12.3 Å². The molecule has 0 fully saturated rings. The van der Waals surface area contributed by atoms with E-state index in [4.69, 9.17) is 5.73 Å². The van der Waals surface area contributed by atoms with E-state index < -0.39 is 0 Å². The van der Waals surface area contributed by atoms with Gasteiger partial charge in [0.05, 0.1) is 18.3 Å². The van der Waals surface area contributed by atoms with Gasteiger partial charge in [0, 0.05) is 12.4 Å². The highest BCUT2D eigenvalue weighted by atomic mass is 16.1. The first-order valence-electron chi connectivity index (χ1n) is 5.14. The van der Waals surface area contributed by atoms with Gasteiger partial charge in [-0.3, -0.25) is 9.78 Å². The molecule has 0 saturated heterocycles. The minimum Gasteiger partial charge on any atom is -0.397 e. The molecule has 0 aliphatic heterocycles. The Bertz CT molecular complexity index is 496. The largest absolute Gasteiger partial charge is 0.397 e. The van der Waals surface area contributed by atoms with Crippen LogP contribution in [-0.2, 0) is 11.2 Å². The number of rotatable bonds is 3. The number of nitrogens with zero attached hydrogens (tertiary/aromatic N) is 2. The Morgan fingerprint density at radius 2 is 2.18 bits per heavy atom. The smallest absolute Gasteiger partial charge is 0.230 e. The van der Waals surface area contributed by atoms with Gasteiger partial charge < -0.3 is 11.1 Å². The molecule has 2 heterocycles. The number of nitrogens with one attached hydrogen (secondary N) is 1. The van der Waals surface area contributed by atoms with Crippen molar-refractivity contribution in [2.24, 2.45) is 0 Å². The Hall–Kier alpha value is -2.43. The summed E-state index contributed by atoms with van der Waals surface area (Å²) in [7, 11) is 0. The van der Waals surface area contributed by atoms with Gasteiger partial charge in [0.25, 0.3) is 0 Å². The zero-order chi connectivity index (χ0) is 12.1. The van der Waals surface area contributed by atoms with E-state index in [1.807, 2.05) is 6.07 Å². The number of aromatic nitrogens is 2. The number of hydrogen-bond donors (Lipinski definition) is 2. The van der Waals surface area contributed by atoms with Crippen LogP contribution in [0.1, 0.15) is 5.56 Å². The molecule has 3 N–H and O–H groups in total. The average molecular weight is 228 g/mol. The monoisotopic (exact) mass is 228 g/mol. The fourth-order valence-electron chi connectivity index (χ4n) is 1.35. The van der Waals surface area contributed by atoms with Gasteiger partial charge in [-0.15, -0.1) is 0 Å². The summed E-state index contributed by atoms with van der Waals surface area (Å²) in [5, 5.41) is 2.68. The third-order valence-electron chi connectivity index (χ3n) is 2.14. The lowest BCUT2D eigenvalue weighted by Crippen LogP contribution is -2.15. The van der Waals surface area contributed by atoms with Crippen LogP contribution in [0.25, 0.3) is 0 Å². The van der Waals surface area contributed by atoms with E-state index >= 15 is 0 Å². The minimum absolute atomic E-state index is 0.129. The minimum atomic E-state index is -0.129. The summed E-state index contributed by atoms with van der Waals surface area (Å²) < 4.78 is 0. The number of carbonyl (C=O) groups excluding carboxylic acids is 1. The first-order valence-corrected chi connectivity index (χ1v) is 5.14. The van der Waals surface area contributed by atoms with E-state index in [0.717, 1.165) is 5.56 Å². The molecule has 2 rings (SSSR count). The molecule has 86 valence electrons. The van der Waals surface area contributed by atoms with E-state index in [1.54, 1.807) is 30.6 Å². The lowest BCUT2D eigenvalue weighted by atomic mass is 10.2. The van der Waals surface area contributed by atoms with Gasteiger partial charge in [0.15, 0.2) is 0 Å². The van der Waals surface area contributed by atoms with Gasteiger partial charge in [0.1, 0.15) is 5.82 Å². The molecule has 2 aromatic rings. The van der Waals surface area contributed by atoms with Crippen LogP contribution < -0.4 is 11.1 Å². The maximum atomic E-state index is 11.7. The van der Waals surface area contributed by atoms with Crippen molar-refractivity contribution in [1.29, 1.82) is 0 Å². The fourth-order valence-corrected chi connectivity index (χ4v) is 1.35. The highest BCUT2D eigenvalue weighted by molar-refractivity contribution is 5.91. The van der Waals surface area contributed by atoms with Crippen molar-refractivity contribution in [3.8, 4) is 0 Å². The van der Waals surface area contributed by atoms with Crippen LogP contribution in [0.15, 0.2) is 42.9 Å². The molecule has 0 saturated carbocycles. The van der Waals surface area contributed by atoms with Crippen LogP contribution in [0.3, 0.4) is 0 Å². The van der Waals surface area contributed by atoms with Gasteiger partial charge in [-0.25, -0.2) is 4.98 Å². The lowest BCUT2D eigenvalue weighted by Gasteiger charge is -2.04.